The summed E-state index contributed by atoms with van der Waals surface area (Å²) in [7, 11) is -4.27. The van der Waals surface area contributed by atoms with E-state index in [1.807, 2.05) is 0 Å². The zero-order valence-electron chi connectivity index (χ0n) is 10.5. The topological polar surface area (TPSA) is 121 Å². The van der Waals surface area contributed by atoms with Crippen molar-refractivity contribution in [2.45, 2.75) is 26.8 Å². The third-order valence-electron chi connectivity index (χ3n) is 2.05. The van der Waals surface area contributed by atoms with E-state index in [-0.39, 0.29) is 0 Å². The molecule has 1 atom stereocenters. The molecule has 0 aliphatic heterocycles. The molecule has 0 aromatic rings. The molecule has 0 rings (SSSR count). The highest BCUT2D eigenvalue weighted by atomic mass is 32.2. The van der Waals surface area contributed by atoms with Gasteiger partial charge >= 0.3 is 5.97 Å². The summed E-state index contributed by atoms with van der Waals surface area (Å²) in [5.41, 5.74) is 4.76. The van der Waals surface area contributed by atoms with Gasteiger partial charge in [-0.1, -0.05) is 20.8 Å². The van der Waals surface area contributed by atoms with Gasteiger partial charge in [0.25, 0.3) is 10.1 Å². The van der Waals surface area contributed by atoms with Crippen LogP contribution in [0.15, 0.2) is 0 Å². The molecule has 0 bridgehead atoms. The molecular weight excluding hydrogens is 248 g/mol. The highest BCUT2D eigenvalue weighted by Gasteiger charge is 2.18. The maximum atomic E-state index is 9.96. The number of carboxylic acids is 1. The van der Waals surface area contributed by atoms with Crippen LogP contribution in [0.5, 0.6) is 0 Å². The molecule has 0 radical (unpaired) electrons. The zero-order valence-corrected chi connectivity index (χ0v) is 11.3. The second-order valence-electron chi connectivity index (χ2n) is 3.31. The van der Waals surface area contributed by atoms with Crippen molar-refractivity contribution in [2.75, 3.05) is 25.4 Å². The van der Waals surface area contributed by atoms with E-state index in [2.05, 4.69) is 25.7 Å². The summed E-state index contributed by atoms with van der Waals surface area (Å²) < 4.78 is 28.0. The molecule has 0 spiro atoms. The number of carboxylic acid groups (broad SMARTS) is 1. The summed E-state index contributed by atoms with van der Waals surface area (Å²) in [4.78, 5) is 12.3. The van der Waals surface area contributed by atoms with Crippen LogP contribution in [0.3, 0.4) is 0 Å². The Morgan fingerprint density at radius 2 is 1.59 bits per heavy atom. The largest absolute Gasteiger partial charge is 0.480 e. The van der Waals surface area contributed by atoms with Gasteiger partial charge in [0, 0.05) is 0 Å². The minimum Gasteiger partial charge on any atom is -0.480 e. The summed E-state index contributed by atoms with van der Waals surface area (Å²) >= 11 is 0. The molecule has 8 heteroatoms. The van der Waals surface area contributed by atoms with Crippen molar-refractivity contribution in [1.82, 2.24) is 4.90 Å². The van der Waals surface area contributed by atoms with Crippen LogP contribution in [0, 0.1) is 0 Å². The molecule has 1 unspecified atom stereocenters. The summed E-state index contributed by atoms with van der Waals surface area (Å²) in [6.07, 6.45) is 0. The molecular formula is C9H22N2O5S. The lowest BCUT2D eigenvalue weighted by Gasteiger charge is -2.13. The minimum absolute atomic E-state index is 0.956. The van der Waals surface area contributed by atoms with Crippen molar-refractivity contribution in [3.8, 4) is 0 Å². The van der Waals surface area contributed by atoms with Crippen LogP contribution < -0.4 is 5.73 Å². The molecule has 0 aliphatic rings. The standard InChI is InChI=1S/C6H15N.C3H7NO5S/c1-4-7(5-2)6-3;4-2(3(5)6)1-10(7,8)9/h4-6H2,1-3H3;2H,1,4H2,(H,5,6)(H,7,8,9). The predicted molar refractivity (Wildman–Crippen MR) is 65.5 cm³/mol. The first-order chi connectivity index (χ1) is 7.67. The van der Waals surface area contributed by atoms with Gasteiger partial charge in [-0.05, 0) is 19.6 Å². The molecule has 7 nitrogen and oxygen atoms in total. The van der Waals surface area contributed by atoms with Crippen molar-refractivity contribution in [3.05, 3.63) is 0 Å². The molecule has 0 saturated heterocycles. The number of carbonyl (C=O) groups is 1. The Morgan fingerprint density at radius 1 is 1.24 bits per heavy atom. The maximum absolute atomic E-state index is 9.96. The number of nitrogens with zero attached hydrogens (tertiary/aromatic N) is 1. The Hall–Kier alpha value is -0.700. The van der Waals surface area contributed by atoms with Crippen LogP contribution in [0.25, 0.3) is 0 Å². The van der Waals surface area contributed by atoms with E-state index in [4.69, 9.17) is 15.4 Å². The second-order valence-corrected chi connectivity index (χ2v) is 4.81. The van der Waals surface area contributed by atoms with E-state index < -0.39 is 27.9 Å². The van der Waals surface area contributed by atoms with Gasteiger partial charge in [0.2, 0.25) is 0 Å². The van der Waals surface area contributed by atoms with Crippen LogP contribution in [0.1, 0.15) is 20.8 Å². The molecule has 0 aromatic heterocycles. The minimum atomic E-state index is -4.27. The fraction of sp³-hybridized carbons (Fsp3) is 0.889. The van der Waals surface area contributed by atoms with Crippen LogP contribution in [0.2, 0.25) is 0 Å². The summed E-state index contributed by atoms with van der Waals surface area (Å²) in [6.45, 7) is 10.1. The molecule has 0 aliphatic carbocycles. The first-order valence-electron chi connectivity index (χ1n) is 5.33. The van der Waals surface area contributed by atoms with Gasteiger partial charge in [-0.25, -0.2) is 0 Å². The number of hydrogen-bond donors (Lipinski definition) is 3. The van der Waals surface area contributed by atoms with Gasteiger partial charge in [0.05, 0.1) is 0 Å². The van der Waals surface area contributed by atoms with E-state index in [0.29, 0.717) is 0 Å². The summed E-state index contributed by atoms with van der Waals surface area (Å²) in [5.74, 6) is -2.42. The van der Waals surface area contributed by atoms with Gasteiger partial charge in [0.15, 0.2) is 0 Å². The van der Waals surface area contributed by atoms with Gasteiger partial charge in [-0.2, -0.15) is 8.42 Å². The Labute approximate surface area is 102 Å². The Bertz CT molecular complexity index is 295. The lowest BCUT2D eigenvalue weighted by molar-refractivity contribution is -0.138. The second kappa shape index (κ2) is 9.34. The lowest BCUT2D eigenvalue weighted by Crippen LogP contribution is -2.36. The zero-order chi connectivity index (χ0) is 14.1. The van der Waals surface area contributed by atoms with Gasteiger partial charge in [0.1, 0.15) is 11.8 Å². The fourth-order valence-electron chi connectivity index (χ4n) is 0.969. The van der Waals surface area contributed by atoms with Crippen molar-refractivity contribution in [1.29, 1.82) is 0 Å². The maximum Gasteiger partial charge on any atom is 0.321 e. The predicted octanol–water partition coefficient (Wildman–Crippen LogP) is -0.366. The molecule has 0 saturated carbocycles. The van der Waals surface area contributed by atoms with Crippen LogP contribution in [-0.2, 0) is 14.9 Å². The Kier molecular flexibility index (Phi) is 10.3. The van der Waals surface area contributed by atoms with Crippen LogP contribution >= 0.6 is 0 Å². The van der Waals surface area contributed by atoms with E-state index >= 15 is 0 Å². The monoisotopic (exact) mass is 270 g/mol. The van der Waals surface area contributed by atoms with Crippen molar-refractivity contribution < 1.29 is 22.9 Å². The molecule has 0 amide bonds. The summed E-state index contributed by atoms with van der Waals surface area (Å²) in [6, 6.07) is -1.56. The van der Waals surface area contributed by atoms with Gasteiger partial charge in [-0.15, -0.1) is 0 Å². The average Bonchev–Trinajstić information content (AvgIpc) is 2.18. The van der Waals surface area contributed by atoms with Crippen molar-refractivity contribution in [2.24, 2.45) is 5.73 Å². The van der Waals surface area contributed by atoms with Crippen molar-refractivity contribution in [3.63, 3.8) is 0 Å². The molecule has 0 fully saturated rings. The third kappa shape index (κ3) is 13.2. The van der Waals surface area contributed by atoms with E-state index in [1.165, 1.54) is 19.6 Å². The lowest BCUT2D eigenvalue weighted by atomic mass is 10.4. The average molecular weight is 270 g/mol. The quantitative estimate of drug-likeness (QED) is 0.563. The molecule has 0 heterocycles. The molecule has 0 aromatic carbocycles. The molecule has 4 N–H and O–H groups in total. The SMILES string of the molecule is CCN(CC)CC.NC(CS(=O)(=O)O)C(=O)O. The first-order valence-corrected chi connectivity index (χ1v) is 6.94. The number of hydrogen-bond acceptors (Lipinski definition) is 5. The normalized spacial score (nSPS) is 12.8. The molecule has 17 heavy (non-hydrogen) atoms. The Balaban J connectivity index is 0. The highest BCUT2D eigenvalue weighted by Crippen LogP contribution is 1.86. The van der Waals surface area contributed by atoms with E-state index in [9.17, 15) is 13.2 Å². The van der Waals surface area contributed by atoms with Gasteiger partial charge in [-0.3, -0.25) is 9.35 Å². The number of rotatable bonds is 6. The number of aliphatic carboxylic acids is 1. The van der Waals surface area contributed by atoms with Crippen molar-refractivity contribution >= 4 is 16.1 Å². The van der Waals surface area contributed by atoms with E-state index in [1.54, 1.807) is 0 Å². The highest BCUT2D eigenvalue weighted by molar-refractivity contribution is 7.85. The summed E-state index contributed by atoms with van der Waals surface area (Å²) in [5, 5.41) is 8.04. The van der Waals surface area contributed by atoms with Gasteiger partial charge < -0.3 is 15.7 Å². The third-order valence-corrected chi connectivity index (χ3v) is 2.83. The number of nitrogens with two attached hydrogens (primary N) is 1. The Morgan fingerprint density at radius 3 is 1.65 bits per heavy atom. The first kappa shape index (κ1) is 18.7. The smallest absolute Gasteiger partial charge is 0.321 e. The van der Waals surface area contributed by atoms with E-state index in [0.717, 1.165) is 0 Å². The molecule has 104 valence electrons. The van der Waals surface area contributed by atoms with Crippen LogP contribution in [-0.4, -0.2) is 60.4 Å². The van der Waals surface area contributed by atoms with Crippen LogP contribution in [0.4, 0.5) is 0 Å². The fourth-order valence-corrected chi connectivity index (χ4v) is 1.57.